The maximum absolute atomic E-state index is 9.32. The van der Waals surface area contributed by atoms with Crippen molar-refractivity contribution in [3.63, 3.8) is 0 Å². The molecular weight excluding hydrogens is 244 g/mol. The Morgan fingerprint density at radius 1 is 0.850 bits per heavy atom. The zero-order valence-electron chi connectivity index (χ0n) is 16.0. The minimum Gasteiger partial charge on any atom is -0.393 e. The van der Waals surface area contributed by atoms with E-state index in [1.165, 1.54) is 19.3 Å². The molecule has 126 valence electrons. The van der Waals surface area contributed by atoms with Crippen molar-refractivity contribution in [1.29, 1.82) is 0 Å². The molecule has 0 saturated heterocycles. The van der Waals surface area contributed by atoms with E-state index < -0.39 is 0 Å². The molecule has 0 amide bonds. The smallest absolute Gasteiger partial charge is 0.0565 e. The zero-order chi connectivity index (χ0) is 16.8. The van der Waals surface area contributed by atoms with E-state index >= 15 is 0 Å². The van der Waals surface area contributed by atoms with Gasteiger partial charge in [-0.2, -0.15) is 0 Å². The first kappa shape index (κ1) is 27.9. The van der Waals surface area contributed by atoms with Gasteiger partial charge in [-0.25, -0.2) is 0 Å². The summed E-state index contributed by atoms with van der Waals surface area (Å²) in [7, 11) is 0. The van der Waals surface area contributed by atoms with Crippen LogP contribution < -0.4 is 0 Å². The van der Waals surface area contributed by atoms with Gasteiger partial charge in [0.15, 0.2) is 0 Å². The highest BCUT2D eigenvalue weighted by atomic mass is 16.3. The molecule has 1 heteroatoms. The van der Waals surface area contributed by atoms with Crippen LogP contribution in [0.25, 0.3) is 0 Å². The molecule has 0 rings (SSSR count). The van der Waals surface area contributed by atoms with E-state index in [9.17, 15) is 5.11 Å². The van der Waals surface area contributed by atoms with E-state index in [0.29, 0.717) is 5.92 Å². The third kappa shape index (κ3) is 30.6. The Labute approximate surface area is 130 Å². The number of rotatable bonds is 7. The second-order valence-electron chi connectivity index (χ2n) is 4.41. The lowest BCUT2D eigenvalue weighted by Gasteiger charge is -2.15. The third-order valence-corrected chi connectivity index (χ3v) is 2.74. The summed E-state index contributed by atoms with van der Waals surface area (Å²) in [6.45, 7) is 18.7. The molecule has 1 N–H and O–H groups in total. The summed E-state index contributed by atoms with van der Waals surface area (Å²) < 4.78 is 0. The Morgan fingerprint density at radius 2 is 1.35 bits per heavy atom. The monoisotopic (exact) mass is 288 g/mol. The summed E-state index contributed by atoms with van der Waals surface area (Å²) in [6.07, 6.45) is 11.2. The fourth-order valence-electron chi connectivity index (χ4n) is 1.30. The minimum atomic E-state index is -0.0694. The van der Waals surface area contributed by atoms with Crippen molar-refractivity contribution in [3.8, 4) is 0 Å². The Balaban J connectivity index is -0.000000104. The fraction of sp³-hybridized carbons (Fsp3) is 0.895. The van der Waals surface area contributed by atoms with Crippen LogP contribution in [0.1, 0.15) is 101 Å². The first-order valence-electron chi connectivity index (χ1n) is 8.96. The minimum absolute atomic E-state index is 0.0694. The fourth-order valence-corrected chi connectivity index (χ4v) is 1.30. The summed E-state index contributed by atoms with van der Waals surface area (Å²) in [5.41, 5.74) is 0. The van der Waals surface area contributed by atoms with Crippen LogP contribution in [0.4, 0.5) is 0 Å². The molecule has 0 aliphatic carbocycles. The zero-order valence-corrected chi connectivity index (χ0v) is 16.0. The lowest BCUT2D eigenvalue weighted by Crippen LogP contribution is -2.15. The average molecular weight is 289 g/mol. The average Bonchev–Trinajstić information content (AvgIpc) is 2.52. The molecule has 0 bridgehead atoms. The summed E-state index contributed by atoms with van der Waals surface area (Å²) in [5.74, 6) is 0.477. The second-order valence-corrected chi connectivity index (χ2v) is 4.41. The number of aliphatic hydroxyl groups excluding tert-OH is 1. The van der Waals surface area contributed by atoms with Crippen LogP contribution in [-0.4, -0.2) is 11.2 Å². The largest absolute Gasteiger partial charge is 0.393 e. The lowest BCUT2D eigenvalue weighted by molar-refractivity contribution is 0.105. The molecule has 2 unspecified atom stereocenters. The van der Waals surface area contributed by atoms with E-state index in [2.05, 4.69) is 46.8 Å². The van der Waals surface area contributed by atoms with Gasteiger partial charge in [0.1, 0.15) is 0 Å². The van der Waals surface area contributed by atoms with Crippen LogP contribution in [0, 0.1) is 5.92 Å². The Bertz CT molecular complexity index is 141. The van der Waals surface area contributed by atoms with Crippen LogP contribution in [0.2, 0.25) is 0 Å². The first-order valence-corrected chi connectivity index (χ1v) is 8.96. The van der Waals surface area contributed by atoms with Gasteiger partial charge in [-0.1, -0.05) is 93.7 Å². The summed E-state index contributed by atoms with van der Waals surface area (Å²) >= 11 is 0. The molecule has 20 heavy (non-hydrogen) atoms. The lowest BCUT2D eigenvalue weighted by atomic mass is 9.98. The van der Waals surface area contributed by atoms with Crippen LogP contribution >= 0.6 is 0 Å². The number of hydrogen-bond acceptors (Lipinski definition) is 1. The molecule has 0 fully saturated rings. The molecule has 0 saturated carbocycles. The standard InChI is InChI=1S/C8H18O.C7H14.2C2H6/c1-4-6-8(9)7(3)5-2;1-3-5-7-6-4-2;2*1-2/h7-9H,4-6H2,1-3H3;5,7H,3-4,6H2,1-2H3;2*1-2H3/b;7-5-;;. The van der Waals surface area contributed by atoms with E-state index in [-0.39, 0.29) is 6.10 Å². The van der Waals surface area contributed by atoms with Gasteiger partial charge in [-0.05, 0) is 25.2 Å². The van der Waals surface area contributed by atoms with Gasteiger partial charge in [0, 0.05) is 0 Å². The van der Waals surface area contributed by atoms with Crippen LogP contribution in [-0.2, 0) is 0 Å². The predicted molar refractivity (Wildman–Crippen MR) is 97.4 cm³/mol. The predicted octanol–water partition coefficient (Wildman–Crippen LogP) is 7.00. The molecule has 1 nitrogen and oxygen atoms in total. The van der Waals surface area contributed by atoms with E-state index in [1.807, 2.05) is 27.7 Å². The molecule has 0 aliphatic rings. The van der Waals surface area contributed by atoms with Crippen LogP contribution in [0.5, 0.6) is 0 Å². The molecule has 0 radical (unpaired) electrons. The maximum atomic E-state index is 9.32. The Morgan fingerprint density at radius 3 is 1.65 bits per heavy atom. The van der Waals surface area contributed by atoms with Crippen molar-refractivity contribution < 1.29 is 5.11 Å². The van der Waals surface area contributed by atoms with Crippen molar-refractivity contribution in [3.05, 3.63) is 12.2 Å². The Kier molecular flexibility index (Phi) is 43.6. The first-order chi connectivity index (χ1) is 9.63. The van der Waals surface area contributed by atoms with Gasteiger partial charge in [0.2, 0.25) is 0 Å². The summed E-state index contributed by atoms with van der Waals surface area (Å²) in [4.78, 5) is 0. The Hall–Kier alpha value is -0.300. The van der Waals surface area contributed by atoms with Gasteiger partial charge in [0.05, 0.1) is 6.10 Å². The molecule has 0 heterocycles. The number of allylic oxidation sites excluding steroid dienone is 2. The van der Waals surface area contributed by atoms with Gasteiger partial charge in [0.25, 0.3) is 0 Å². The molecule has 0 aliphatic heterocycles. The molecule has 0 aromatic rings. The van der Waals surface area contributed by atoms with E-state index in [4.69, 9.17) is 0 Å². The van der Waals surface area contributed by atoms with E-state index in [0.717, 1.165) is 19.3 Å². The number of unbranched alkanes of at least 4 members (excludes halogenated alkanes) is 1. The van der Waals surface area contributed by atoms with Crippen molar-refractivity contribution >= 4 is 0 Å². The number of hydrogen-bond donors (Lipinski definition) is 1. The number of aliphatic hydroxyl groups is 1. The topological polar surface area (TPSA) is 20.2 Å². The normalized spacial score (nSPS) is 12.1. The van der Waals surface area contributed by atoms with Crippen LogP contribution in [0.15, 0.2) is 12.2 Å². The molecule has 0 aromatic carbocycles. The molecule has 2 atom stereocenters. The maximum Gasteiger partial charge on any atom is 0.0565 e. The molecular formula is C19H44O. The second kappa shape index (κ2) is 31.2. The van der Waals surface area contributed by atoms with Crippen molar-refractivity contribution in [2.24, 2.45) is 5.92 Å². The van der Waals surface area contributed by atoms with Gasteiger partial charge in [-0.15, -0.1) is 0 Å². The summed E-state index contributed by atoms with van der Waals surface area (Å²) in [6, 6.07) is 0. The van der Waals surface area contributed by atoms with Crippen molar-refractivity contribution in [1.82, 2.24) is 0 Å². The highest BCUT2D eigenvalue weighted by molar-refractivity contribution is 4.78. The van der Waals surface area contributed by atoms with Gasteiger partial charge < -0.3 is 5.11 Å². The molecule has 0 aromatic heterocycles. The highest BCUT2D eigenvalue weighted by Gasteiger charge is 2.09. The third-order valence-electron chi connectivity index (χ3n) is 2.74. The van der Waals surface area contributed by atoms with E-state index in [1.54, 1.807) is 0 Å². The van der Waals surface area contributed by atoms with Crippen LogP contribution in [0.3, 0.4) is 0 Å². The van der Waals surface area contributed by atoms with Crippen molar-refractivity contribution in [2.45, 2.75) is 107 Å². The van der Waals surface area contributed by atoms with Crippen molar-refractivity contribution in [2.75, 3.05) is 0 Å². The van der Waals surface area contributed by atoms with Gasteiger partial charge in [-0.3, -0.25) is 0 Å². The molecule has 0 spiro atoms. The van der Waals surface area contributed by atoms with Gasteiger partial charge >= 0.3 is 0 Å². The SMILES string of the molecule is CC.CC.CC/C=C\CCC.CCCC(O)C(C)CC. The quantitative estimate of drug-likeness (QED) is 0.500. The highest BCUT2D eigenvalue weighted by Crippen LogP contribution is 2.11. The summed E-state index contributed by atoms with van der Waals surface area (Å²) in [5, 5.41) is 9.32.